The predicted molar refractivity (Wildman–Crippen MR) is 66.9 cm³/mol. The molecular formula is C13H28N2. The molecule has 1 rings (SSSR count). The van der Waals surface area contributed by atoms with Gasteiger partial charge in [0.2, 0.25) is 0 Å². The molecule has 0 bridgehead atoms. The van der Waals surface area contributed by atoms with E-state index in [1.54, 1.807) is 0 Å². The molecule has 15 heavy (non-hydrogen) atoms. The summed E-state index contributed by atoms with van der Waals surface area (Å²) in [6, 6.07) is 0.647. The Morgan fingerprint density at radius 2 is 2.00 bits per heavy atom. The maximum Gasteiger partial charge on any atom is 0.0332 e. The molecule has 0 saturated heterocycles. The molecule has 0 aromatic rings. The Morgan fingerprint density at radius 1 is 1.33 bits per heavy atom. The van der Waals surface area contributed by atoms with Crippen LogP contribution in [0.2, 0.25) is 0 Å². The summed E-state index contributed by atoms with van der Waals surface area (Å²) in [6.07, 6.45) is 7.75. The largest absolute Gasteiger partial charge is 0.329 e. The van der Waals surface area contributed by atoms with Crippen molar-refractivity contribution in [3.63, 3.8) is 0 Å². The van der Waals surface area contributed by atoms with Crippen molar-refractivity contribution in [3.8, 4) is 0 Å². The average molecular weight is 212 g/mol. The average Bonchev–Trinajstić information content (AvgIpc) is 2.28. The lowest BCUT2D eigenvalue weighted by molar-refractivity contribution is 0.141. The van der Waals surface area contributed by atoms with E-state index in [1.807, 2.05) is 0 Å². The molecule has 1 fully saturated rings. The van der Waals surface area contributed by atoms with Crippen molar-refractivity contribution in [2.75, 3.05) is 6.54 Å². The van der Waals surface area contributed by atoms with Crippen LogP contribution in [-0.4, -0.2) is 18.1 Å². The summed E-state index contributed by atoms with van der Waals surface area (Å²) >= 11 is 0. The third kappa shape index (κ3) is 2.94. The van der Waals surface area contributed by atoms with Crippen LogP contribution in [0.1, 0.15) is 59.3 Å². The Labute approximate surface area is 95.0 Å². The minimum Gasteiger partial charge on any atom is -0.329 e. The molecule has 2 heteroatoms. The summed E-state index contributed by atoms with van der Waals surface area (Å²) in [5.74, 6) is 0.733. The fraction of sp³-hybridized carbons (Fsp3) is 1.00. The first-order valence-electron chi connectivity index (χ1n) is 6.66. The number of nitrogens with two attached hydrogens (primary N) is 1. The molecular weight excluding hydrogens is 184 g/mol. The third-order valence-electron chi connectivity index (χ3n) is 4.29. The lowest BCUT2D eigenvalue weighted by Gasteiger charge is -2.45. The standard InChI is InChI=1S/C13H28N2/c1-4-12(5-2)15-13(10-14)9-7-6-8-11(13)3/h11-12,15H,4-10,14H2,1-3H3. The quantitative estimate of drug-likeness (QED) is 0.735. The fourth-order valence-electron chi connectivity index (χ4n) is 2.89. The van der Waals surface area contributed by atoms with E-state index in [1.165, 1.54) is 38.5 Å². The number of hydrogen-bond acceptors (Lipinski definition) is 2. The van der Waals surface area contributed by atoms with Gasteiger partial charge in [0.1, 0.15) is 0 Å². The molecule has 2 atom stereocenters. The van der Waals surface area contributed by atoms with Gasteiger partial charge in [-0.25, -0.2) is 0 Å². The van der Waals surface area contributed by atoms with Crippen molar-refractivity contribution in [1.29, 1.82) is 0 Å². The summed E-state index contributed by atoms with van der Waals surface area (Å²) < 4.78 is 0. The van der Waals surface area contributed by atoms with Crippen LogP contribution in [0.25, 0.3) is 0 Å². The topological polar surface area (TPSA) is 38.0 Å². The Balaban J connectivity index is 2.65. The van der Waals surface area contributed by atoms with Crippen molar-refractivity contribution >= 4 is 0 Å². The van der Waals surface area contributed by atoms with Gasteiger partial charge in [-0.3, -0.25) is 0 Å². The highest BCUT2D eigenvalue weighted by Gasteiger charge is 2.37. The molecule has 3 N–H and O–H groups in total. The Morgan fingerprint density at radius 3 is 2.47 bits per heavy atom. The van der Waals surface area contributed by atoms with E-state index in [0.29, 0.717) is 6.04 Å². The van der Waals surface area contributed by atoms with Gasteiger partial charge in [-0.1, -0.05) is 33.6 Å². The molecule has 1 aliphatic rings. The normalized spacial score (nSPS) is 32.2. The van der Waals surface area contributed by atoms with Gasteiger partial charge in [-0.2, -0.15) is 0 Å². The Kier molecular flexibility index (Phi) is 5.07. The second kappa shape index (κ2) is 5.86. The lowest BCUT2D eigenvalue weighted by atomic mass is 9.73. The smallest absolute Gasteiger partial charge is 0.0332 e. The fourth-order valence-corrected chi connectivity index (χ4v) is 2.89. The zero-order valence-corrected chi connectivity index (χ0v) is 10.7. The maximum atomic E-state index is 6.02. The molecule has 2 nitrogen and oxygen atoms in total. The van der Waals surface area contributed by atoms with Crippen LogP contribution in [-0.2, 0) is 0 Å². The van der Waals surface area contributed by atoms with E-state index < -0.39 is 0 Å². The second-order valence-electron chi connectivity index (χ2n) is 5.16. The molecule has 1 aliphatic carbocycles. The van der Waals surface area contributed by atoms with Crippen molar-refractivity contribution in [2.24, 2.45) is 11.7 Å². The lowest BCUT2D eigenvalue weighted by Crippen LogP contribution is -2.60. The first-order chi connectivity index (χ1) is 7.18. The number of hydrogen-bond donors (Lipinski definition) is 2. The van der Waals surface area contributed by atoms with E-state index >= 15 is 0 Å². The van der Waals surface area contributed by atoms with E-state index in [0.717, 1.165) is 12.5 Å². The summed E-state index contributed by atoms with van der Waals surface area (Å²) in [4.78, 5) is 0. The highest BCUT2D eigenvalue weighted by molar-refractivity contribution is 4.97. The number of rotatable bonds is 5. The van der Waals surface area contributed by atoms with E-state index in [9.17, 15) is 0 Å². The Hall–Kier alpha value is -0.0800. The van der Waals surface area contributed by atoms with Gasteiger partial charge < -0.3 is 11.1 Å². The molecule has 0 heterocycles. The van der Waals surface area contributed by atoms with Gasteiger partial charge in [0.05, 0.1) is 0 Å². The van der Waals surface area contributed by atoms with Crippen LogP contribution in [0.15, 0.2) is 0 Å². The summed E-state index contributed by atoms with van der Waals surface area (Å²) in [7, 11) is 0. The van der Waals surface area contributed by atoms with Gasteiger partial charge in [0.15, 0.2) is 0 Å². The Bertz CT molecular complexity index is 177. The minimum atomic E-state index is 0.231. The molecule has 0 aromatic heterocycles. The van der Waals surface area contributed by atoms with Crippen molar-refractivity contribution in [3.05, 3.63) is 0 Å². The number of nitrogens with one attached hydrogen (secondary N) is 1. The molecule has 0 spiro atoms. The van der Waals surface area contributed by atoms with Crippen LogP contribution in [0.4, 0.5) is 0 Å². The van der Waals surface area contributed by atoms with E-state index in [4.69, 9.17) is 5.73 Å². The second-order valence-corrected chi connectivity index (χ2v) is 5.16. The van der Waals surface area contributed by atoms with Crippen LogP contribution in [0, 0.1) is 5.92 Å². The van der Waals surface area contributed by atoms with Crippen LogP contribution < -0.4 is 11.1 Å². The molecule has 2 unspecified atom stereocenters. The molecule has 0 amide bonds. The first kappa shape index (κ1) is 13.0. The van der Waals surface area contributed by atoms with Gasteiger partial charge in [-0.05, 0) is 31.6 Å². The molecule has 1 saturated carbocycles. The summed E-state index contributed by atoms with van der Waals surface area (Å²) in [5, 5.41) is 3.84. The highest BCUT2D eigenvalue weighted by atomic mass is 15.0. The SMILES string of the molecule is CCC(CC)NC1(CN)CCCCC1C. The monoisotopic (exact) mass is 212 g/mol. The van der Waals surface area contributed by atoms with Crippen LogP contribution in [0.3, 0.4) is 0 Å². The third-order valence-corrected chi connectivity index (χ3v) is 4.29. The minimum absolute atomic E-state index is 0.231. The first-order valence-corrected chi connectivity index (χ1v) is 6.66. The predicted octanol–water partition coefficient (Wildman–Crippen LogP) is 2.67. The van der Waals surface area contributed by atoms with Gasteiger partial charge in [0, 0.05) is 18.1 Å². The van der Waals surface area contributed by atoms with E-state index in [2.05, 4.69) is 26.1 Å². The van der Waals surface area contributed by atoms with Crippen LogP contribution >= 0.6 is 0 Å². The van der Waals surface area contributed by atoms with Crippen molar-refractivity contribution < 1.29 is 0 Å². The molecule has 0 aromatic carbocycles. The van der Waals surface area contributed by atoms with E-state index in [-0.39, 0.29) is 5.54 Å². The van der Waals surface area contributed by atoms with Crippen molar-refractivity contribution in [2.45, 2.75) is 70.9 Å². The van der Waals surface area contributed by atoms with Gasteiger partial charge >= 0.3 is 0 Å². The zero-order chi connectivity index (χ0) is 11.3. The summed E-state index contributed by atoms with van der Waals surface area (Å²) in [5.41, 5.74) is 6.25. The molecule has 90 valence electrons. The van der Waals surface area contributed by atoms with Gasteiger partial charge in [-0.15, -0.1) is 0 Å². The summed E-state index contributed by atoms with van der Waals surface area (Å²) in [6.45, 7) is 7.68. The maximum absolute atomic E-state index is 6.02. The zero-order valence-electron chi connectivity index (χ0n) is 10.7. The molecule has 0 radical (unpaired) electrons. The highest BCUT2D eigenvalue weighted by Crippen LogP contribution is 2.33. The van der Waals surface area contributed by atoms with Crippen LogP contribution in [0.5, 0.6) is 0 Å². The van der Waals surface area contributed by atoms with Gasteiger partial charge in [0.25, 0.3) is 0 Å². The molecule has 0 aliphatic heterocycles. The van der Waals surface area contributed by atoms with Crippen molar-refractivity contribution in [1.82, 2.24) is 5.32 Å².